The number of aromatic nitrogens is 1. The van der Waals surface area contributed by atoms with Crippen LogP contribution < -0.4 is 5.32 Å². The van der Waals surface area contributed by atoms with Gasteiger partial charge in [0.15, 0.2) is 0 Å². The van der Waals surface area contributed by atoms with Crippen molar-refractivity contribution in [1.82, 2.24) is 10.3 Å². The lowest BCUT2D eigenvalue weighted by Gasteiger charge is -2.35. The summed E-state index contributed by atoms with van der Waals surface area (Å²) in [5.74, 6) is 3.23. The summed E-state index contributed by atoms with van der Waals surface area (Å²) >= 11 is 0. The van der Waals surface area contributed by atoms with Crippen molar-refractivity contribution < 1.29 is 4.42 Å². The van der Waals surface area contributed by atoms with E-state index in [1.165, 1.54) is 19.3 Å². The molecule has 1 fully saturated rings. The van der Waals surface area contributed by atoms with Crippen molar-refractivity contribution in [1.29, 1.82) is 0 Å². The highest BCUT2D eigenvalue weighted by Crippen LogP contribution is 2.28. The SMILES string of the molecule is Cc1cnc(CNC2C(C)CCCC2C)o1. The van der Waals surface area contributed by atoms with Crippen molar-refractivity contribution in [3.8, 4) is 0 Å². The van der Waals surface area contributed by atoms with Gasteiger partial charge in [-0.1, -0.05) is 20.3 Å². The molecule has 3 heteroatoms. The predicted octanol–water partition coefficient (Wildman–Crippen LogP) is 2.90. The molecule has 1 N–H and O–H groups in total. The van der Waals surface area contributed by atoms with E-state index < -0.39 is 0 Å². The van der Waals surface area contributed by atoms with E-state index in [0.717, 1.165) is 30.0 Å². The normalized spacial score (nSPS) is 30.6. The van der Waals surface area contributed by atoms with Gasteiger partial charge in [-0.3, -0.25) is 0 Å². The Bertz CT molecular complexity index is 324. The van der Waals surface area contributed by atoms with Gasteiger partial charge in [0, 0.05) is 6.04 Å². The van der Waals surface area contributed by atoms with Gasteiger partial charge >= 0.3 is 0 Å². The van der Waals surface area contributed by atoms with Crippen LogP contribution in [0.4, 0.5) is 0 Å². The molecule has 0 spiro atoms. The molecule has 2 unspecified atom stereocenters. The van der Waals surface area contributed by atoms with Gasteiger partial charge in [0.1, 0.15) is 5.76 Å². The van der Waals surface area contributed by atoms with Gasteiger partial charge < -0.3 is 9.73 Å². The van der Waals surface area contributed by atoms with Gasteiger partial charge in [-0.2, -0.15) is 0 Å². The standard InChI is InChI=1S/C13H22N2O/c1-9-5-4-6-10(2)13(9)15-8-12-14-7-11(3)16-12/h7,9-10,13,15H,4-6,8H2,1-3H3. The number of hydrogen-bond donors (Lipinski definition) is 1. The maximum Gasteiger partial charge on any atom is 0.208 e. The van der Waals surface area contributed by atoms with Crippen molar-refractivity contribution in [3.63, 3.8) is 0 Å². The second-order valence-electron chi connectivity index (χ2n) is 5.16. The van der Waals surface area contributed by atoms with Crippen molar-refractivity contribution in [2.24, 2.45) is 11.8 Å². The second-order valence-corrected chi connectivity index (χ2v) is 5.16. The Morgan fingerprint density at radius 3 is 2.62 bits per heavy atom. The lowest BCUT2D eigenvalue weighted by molar-refractivity contribution is 0.203. The van der Waals surface area contributed by atoms with Crippen LogP contribution in [0.3, 0.4) is 0 Å². The Morgan fingerprint density at radius 1 is 1.38 bits per heavy atom. The van der Waals surface area contributed by atoms with Gasteiger partial charge in [0.2, 0.25) is 5.89 Å². The van der Waals surface area contributed by atoms with E-state index in [2.05, 4.69) is 24.1 Å². The Labute approximate surface area is 97.6 Å². The van der Waals surface area contributed by atoms with Crippen LogP contribution in [0.2, 0.25) is 0 Å². The molecule has 0 bridgehead atoms. The van der Waals surface area contributed by atoms with Crippen LogP contribution in [0.5, 0.6) is 0 Å². The largest absolute Gasteiger partial charge is 0.445 e. The zero-order valence-corrected chi connectivity index (χ0v) is 10.5. The first-order chi connectivity index (χ1) is 7.66. The molecule has 1 saturated carbocycles. The molecule has 0 aromatic carbocycles. The molecule has 1 aromatic heterocycles. The average Bonchev–Trinajstić information content (AvgIpc) is 2.63. The minimum Gasteiger partial charge on any atom is -0.445 e. The van der Waals surface area contributed by atoms with Crippen LogP contribution >= 0.6 is 0 Å². The van der Waals surface area contributed by atoms with Gasteiger partial charge in [-0.05, 0) is 31.6 Å². The molecule has 0 aliphatic heterocycles. The number of nitrogens with one attached hydrogen (secondary N) is 1. The van der Waals surface area contributed by atoms with Gasteiger partial charge in [0.05, 0.1) is 12.7 Å². The molecule has 90 valence electrons. The van der Waals surface area contributed by atoms with Crippen molar-refractivity contribution in [2.45, 2.75) is 52.6 Å². The summed E-state index contributed by atoms with van der Waals surface area (Å²) in [5.41, 5.74) is 0. The maximum absolute atomic E-state index is 5.47. The highest BCUT2D eigenvalue weighted by Gasteiger charge is 2.27. The van der Waals surface area contributed by atoms with E-state index in [9.17, 15) is 0 Å². The van der Waals surface area contributed by atoms with Crippen LogP contribution in [-0.4, -0.2) is 11.0 Å². The third kappa shape index (κ3) is 2.64. The zero-order valence-electron chi connectivity index (χ0n) is 10.5. The van der Waals surface area contributed by atoms with Crippen LogP contribution in [0.15, 0.2) is 10.6 Å². The van der Waals surface area contributed by atoms with Crippen LogP contribution in [0, 0.1) is 18.8 Å². The third-order valence-corrected chi connectivity index (χ3v) is 3.70. The summed E-state index contributed by atoms with van der Waals surface area (Å²) in [6.45, 7) is 7.37. The topological polar surface area (TPSA) is 38.1 Å². The first-order valence-electron chi connectivity index (χ1n) is 6.31. The number of nitrogens with zero attached hydrogens (tertiary/aromatic N) is 1. The van der Waals surface area contributed by atoms with E-state index in [4.69, 9.17) is 4.42 Å². The first-order valence-corrected chi connectivity index (χ1v) is 6.31. The molecule has 1 aliphatic rings. The monoisotopic (exact) mass is 222 g/mol. The maximum atomic E-state index is 5.47. The lowest BCUT2D eigenvalue weighted by atomic mass is 9.79. The number of oxazole rings is 1. The second kappa shape index (κ2) is 5.00. The number of hydrogen-bond acceptors (Lipinski definition) is 3. The number of rotatable bonds is 3. The van der Waals surface area contributed by atoms with E-state index in [1.807, 2.05) is 6.92 Å². The van der Waals surface area contributed by atoms with Crippen LogP contribution in [-0.2, 0) is 6.54 Å². The minimum absolute atomic E-state index is 0.612. The molecule has 0 saturated heterocycles. The molecule has 2 atom stereocenters. The fraction of sp³-hybridized carbons (Fsp3) is 0.769. The van der Waals surface area contributed by atoms with Gasteiger partial charge in [-0.25, -0.2) is 4.98 Å². The van der Waals surface area contributed by atoms with Gasteiger partial charge in [0.25, 0.3) is 0 Å². The van der Waals surface area contributed by atoms with E-state index >= 15 is 0 Å². The fourth-order valence-electron chi connectivity index (χ4n) is 2.77. The average molecular weight is 222 g/mol. The summed E-state index contributed by atoms with van der Waals surface area (Å²) in [5, 5.41) is 3.59. The molecular weight excluding hydrogens is 200 g/mol. The highest BCUT2D eigenvalue weighted by molar-refractivity contribution is 4.92. The molecule has 2 rings (SSSR count). The summed E-state index contributed by atoms with van der Waals surface area (Å²) in [4.78, 5) is 4.22. The quantitative estimate of drug-likeness (QED) is 0.854. The van der Waals surface area contributed by atoms with Crippen LogP contribution in [0.25, 0.3) is 0 Å². The number of aryl methyl sites for hydroxylation is 1. The molecule has 1 heterocycles. The van der Waals surface area contributed by atoms with E-state index in [0.29, 0.717) is 6.04 Å². The summed E-state index contributed by atoms with van der Waals surface area (Å²) in [6, 6.07) is 0.612. The van der Waals surface area contributed by atoms with Gasteiger partial charge in [-0.15, -0.1) is 0 Å². The summed E-state index contributed by atoms with van der Waals surface area (Å²) < 4.78 is 5.47. The smallest absolute Gasteiger partial charge is 0.208 e. The molecular formula is C13H22N2O. The summed E-state index contributed by atoms with van der Waals surface area (Å²) in [6.07, 6.45) is 5.84. The zero-order chi connectivity index (χ0) is 11.5. The molecule has 3 nitrogen and oxygen atoms in total. The molecule has 1 aromatic rings. The van der Waals surface area contributed by atoms with Crippen LogP contribution in [0.1, 0.15) is 44.8 Å². The molecule has 0 radical (unpaired) electrons. The predicted molar refractivity (Wildman–Crippen MR) is 64.0 cm³/mol. The third-order valence-electron chi connectivity index (χ3n) is 3.70. The van der Waals surface area contributed by atoms with E-state index in [-0.39, 0.29) is 0 Å². The first kappa shape index (κ1) is 11.6. The van der Waals surface area contributed by atoms with Crippen molar-refractivity contribution in [3.05, 3.63) is 17.8 Å². The Balaban J connectivity index is 1.88. The molecule has 1 aliphatic carbocycles. The Morgan fingerprint density at radius 2 is 2.06 bits per heavy atom. The summed E-state index contributed by atoms with van der Waals surface area (Å²) in [7, 11) is 0. The molecule has 0 amide bonds. The van der Waals surface area contributed by atoms with E-state index in [1.54, 1.807) is 6.20 Å². The minimum atomic E-state index is 0.612. The van der Waals surface area contributed by atoms with Crippen molar-refractivity contribution >= 4 is 0 Å². The Kier molecular flexibility index (Phi) is 3.64. The lowest BCUT2D eigenvalue weighted by Crippen LogP contribution is -2.42. The van der Waals surface area contributed by atoms with Crippen molar-refractivity contribution in [2.75, 3.05) is 0 Å². The fourth-order valence-corrected chi connectivity index (χ4v) is 2.77. The molecule has 16 heavy (non-hydrogen) atoms. The Hall–Kier alpha value is -0.830. The highest BCUT2D eigenvalue weighted by atomic mass is 16.4.